The third-order valence-corrected chi connectivity index (χ3v) is 5.55. The highest BCUT2D eigenvalue weighted by molar-refractivity contribution is 5.84. The van der Waals surface area contributed by atoms with Crippen molar-refractivity contribution in [3.05, 3.63) is 126 Å². The van der Waals surface area contributed by atoms with Crippen LogP contribution in [-0.4, -0.2) is 30.1 Å². The fourth-order valence-electron chi connectivity index (χ4n) is 3.69. The van der Waals surface area contributed by atoms with Crippen molar-refractivity contribution in [2.24, 2.45) is 5.92 Å². The third kappa shape index (κ3) is 6.29. The fourth-order valence-corrected chi connectivity index (χ4v) is 3.69. The van der Waals surface area contributed by atoms with Crippen molar-refractivity contribution >= 4 is 11.5 Å². The molecule has 0 heterocycles. The minimum atomic E-state index is -1.82. The van der Waals surface area contributed by atoms with Gasteiger partial charge in [-0.3, -0.25) is 4.79 Å². The second-order valence-corrected chi connectivity index (χ2v) is 8.03. The molecule has 3 aromatic rings. The molecule has 0 aliphatic heterocycles. The van der Waals surface area contributed by atoms with Crippen LogP contribution in [0.5, 0.6) is 0 Å². The van der Waals surface area contributed by atoms with Gasteiger partial charge in [-0.05, 0) is 28.3 Å². The number of ether oxygens (including phenoxy) is 3. The van der Waals surface area contributed by atoms with Gasteiger partial charge in [0.15, 0.2) is 0 Å². The van der Waals surface area contributed by atoms with Crippen LogP contribution in [-0.2, 0) is 32.2 Å². The molecule has 0 saturated heterocycles. The maximum Gasteiger partial charge on any atom is 0.318 e. The molecule has 0 aromatic heterocycles. The number of rotatable bonds is 10. The predicted octanol–water partition coefficient (Wildman–Crippen LogP) is 4.92. The van der Waals surface area contributed by atoms with E-state index in [1.807, 2.05) is 91.0 Å². The first kappa shape index (κ1) is 23.6. The largest absolute Gasteiger partial charge is 0.463 e. The highest BCUT2D eigenvalue weighted by Gasteiger charge is 2.42. The maximum absolute atomic E-state index is 13.0. The van der Waals surface area contributed by atoms with Crippen molar-refractivity contribution in [1.82, 2.24) is 0 Å². The van der Waals surface area contributed by atoms with E-state index in [1.165, 1.54) is 6.08 Å². The molecule has 34 heavy (non-hydrogen) atoms. The van der Waals surface area contributed by atoms with E-state index in [4.69, 9.17) is 14.2 Å². The van der Waals surface area contributed by atoms with Gasteiger partial charge in [0.05, 0.1) is 19.8 Å². The number of carbonyl (C=O) groups excluding carboxylic acids is 1. The first-order chi connectivity index (χ1) is 16.6. The molecule has 2 atom stereocenters. The van der Waals surface area contributed by atoms with Crippen LogP contribution in [0.15, 0.2) is 109 Å². The van der Waals surface area contributed by atoms with Gasteiger partial charge in [0.25, 0.3) is 0 Å². The second kappa shape index (κ2) is 11.6. The molecule has 0 spiro atoms. The number of carbonyl (C=O) groups is 1. The second-order valence-electron chi connectivity index (χ2n) is 8.03. The Morgan fingerprint density at radius 1 is 0.794 bits per heavy atom. The Morgan fingerprint density at radius 2 is 1.38 bits per heavy atom. The summed E-state index contributed by atoms with van der Waals surface area (Å²) in [5, 5.41) is 11.3. The predicted molar refractivity (Wildman–Crippen MR) is 130 cm³/mol. The van der Waals surface area contributed by atoms with Crippen LogP contribution >= 0.6 is 0 Å². The Kier molecular flexibility index (Phi) is 8.04. The lowest BCUT2D eigenvalue weighted by Crippen LogP contribution is -2.44. The average molecular weight is 457 g/mol. The number of hydrogen-bond acceptors (Lipinski definition) is 5. The maximum atomic E-state index is 13.0. The number of aliphatic hydroxyl groups is 1. The minimum Gasteiger partial charge on any atom is -0.463 e. The van der Waals surface area contributed by atoms with Gasteiger partial charge < -0.3 is 19.3 Å². The van der Waals surface area contributed by atoms with E-state index in [0.29, 0.717) is 6.61 Å². The Balaban J connectivity index is 1.41. The van der Waals surface area contributed by atoms with Gasteiger partial charge in [0.1, 0.15) is 12.5 Å². The molecule has 1 aliphatic carbocycles. The molecular weight excluding hydrogens is 428 g/mol. The number of hydrogen-bond donors (Lipinski definition) is 1. The molecule has 0 saturated carbocycles. The van der Waals surface area contributed by atoms with Crippen molar-refractivity contribution in [2.75, 3.05) is 13.2 Å². The van der Waals surface area contributed by atoms with Crippen LogP contribution in [0.1, 0.15) is 16.7 Å². The third-order valence-electron chi connectivity index (χ3n) is 5.55. The van der Waals surface area contributed by atoms with Gasteiger partial charge in [-0.1, -0.05) is 103 Å². The lowest BCUT2D eigenvalue weighted by Gasteiger charge is -2.33. The zero-order valence-electron chi connectivity index (χ0n) is 18.9. The van der Waals surface area contributed by atoms with E-state index in [9.17, 15) is 9.90 Å². The molecule has 5 heteroatoms. The number of benzene rings is 3. The molecule has 5 nitrogen and oxygen atoms in total. The molecule has 0 radical (unpaired) electrons. The smallest absolute Gasteiger partial charge is 0.318 e. The summed E-state index contributed by atoms with van der Waals surface area (Å²) in [6, 6.07) is 29.0. The SMILES string of the molecule is O=C(OCCOCc1ccccc1)C1C=C(c2ccccc2)C=CC1(O)OCc1ccccc1. The van der Waals surface area contributed by atoms with Crippen LogP contribution in [0.3, 0.4) is 0 Å². The highest BCUT2D eigenvalue weighted by atomic mass is 16.6. The molecule has 174 valence electrons. The van der Waals surface area contributed by atoms with Gasteiger partial charge >= 0.3 is 5.97 Å². The summed E-state index contributed by atoms with van der Waals surface area (Å²) >= 11 is 0. The summed E-state index contributed by atoms with van der Waals surface area (Å²) < 4.78 is 16.9. The summed E-state index contributed by atoms with van der Waals surface area (Å²) in [5.74, 6) is -3.42. The quantitative estimate of drug-likeness (QED) is 0.266. The van der Waals surface area contributed by atoms with Gasteiger partial charge in [-0.2, -0.15) is 0 Å². The molecule has 0 amide bonds. The van der Waals surface area contributed by atoms with E-state index in [-0.39, 0.29) is 19.8 Å². The zero-order valence-corrected chi connectivity index (χ0v) is 18.9. The standard InChI is InChI=1S/C29H28O5/c30-28(33-19-18-32-21-23-10-4-1-5-11-23)27-20-26(25-14-8-3-9-15-25)16-17-29(27,31)34-22-24-12-6-2-7-13-24/h1-17,20,27,31H,18-19,21-22H2. The Labute approximate surface area is 199 Å². The molecule has 0 fully saturated rings. The molecule has 4 rings (SSSR count). The fraction of sp³-hybridized carbons (Fsp3) is 0.207. The zero-order chi connectivity index (χ0) is 23.6. The lowest BCUT2D eigenvalue weighted by molar-refractivity contribution is -0.210. The first-order valence-electron chi connectivity index (χ1n) is 11.3. The number of esters is 1. The Hall–Kier alpha value is -3.51. The minimum absolute atomic E-state index is 0.0785. The van der Waals surface area contributed by atoms with Crippen molar-refractivity contribution in [3.8, 4) is 0 Å². The van der Waals surface area contributed by atoms with E-state index < -0.39 is 17.7 Å². The van der Waals surface area contributed by atoms with Crippen LogP contribution < -0.4 is 0 Å². The summed E-state index contributed by atoms with van der Waals surface area (Å²) in [5.41, 5.74) is 3.69. The van der Waals surface area contributed by atoms with Crippen molar-refractivity contribution in [1.29, 1.82) is 0 Å². The van der Waals surface area contributed by atoms with Crippen molar-refractivity contribution in [3.63, 3.8) is 0 Å². The van der Waals surface area contributed by atoms with Gasteiger partial charge in [-0.15, -0.1) is 0 Å². The molecule has 0 bridgehead atoms. The topological polar surface area (TPSA) is 65.0 Å². The molecule has 1 aliphatic rings. The molecular formula is C29H28O5. The molecule has 2 unspecified atom stereocenters. The summed E-state index contributed by atoms with van der Waals surface area (Å²) in [4.78, 5) is 13.0. The van der Waals surface area contributed by atoms with Gasteiger partial charge in [0.2, 0.25) is 5.79 Å². The summed E-state index contributed by atoms with van der Waals surface area (Å²) in [7, 11) is 0. The Bertz CT molecular complexity index is 1110. The van der Waals surface area contributed by atoms with Crippen LogP contribution in [0.4, 0.5) is 0 Å². The lowest BCUT2D eigenvalue weighted by atomic mass is 9.87. The van der Waals surface area contributed by atoms with E-state index in [1.54, 1.807) is 12.2 Å². The van der Waals surface area contributed by atoms with Gasteiger partial charge in [-0.25, -0.2) is 0 Å². The van der Waals surface area contributed by atoms with Gasteiger partial charge in [0, 0.05) is 0 Å². The monoisotopic (exact) mass is 456 g/mol. The van der Waals surface area contributed by atoms with E-state index in [0.717, 1.165) is 22.3 Å². The number of allylic oxidation sites excluding steroid dienone is 2. The van der Waals surface area contributed by atoms with E-state index >= 15 is 0 Å². The highest BCUT2D eigenvalue weighted by Crippen LogP contribution is 2.34. The van der Waals surface area contributed by atoms with Crippen LogP contribution in [0.25, 0.3) is 5.57 Å². The molecule has 1 N–H and O–H groups in total. The average Bonchev–Trinajstić information content (AvgIpc) is 2.89. The summed E-state index contributed by atoms with van der Waals surface area (Å²) in [6.45, 7) is 0.920. The van der Waals surface area contributed by atoms with Crippen LogP contribution in [0.2, 0.25) is 0 Å². The normalized spacial score (nSPS) is 19.4. The van der Waals surface area contributed by atoms with Crippen molar-refractivity contribution < 1.29 is 24.1 Å². The Morgan fingerprint density at radius 3 is 2.03 bits per heavy atom. The summed E-state index contributed by atoms with van der Waals surface area (Å²) in [6.07, 6.45) is 5.00. The van der Waals surface area contributed by atoms with Crippen molar-refractivity contribution in [2.45, 2.75) is 19.0 Å². The van der Waals surface area contributed by atoms with Crippen LogP contribution in [0, 0.1) is 5.92 Å². The first-order valence-corrected chi connectivity index (χ1v) is 11.3. The van der Waals surface area contributed by atoms with E-state index in [2.05, 4.69) is 0 Å². The molecule has 3 aromatic carbocycles.